The highest BCUT2D eigenvalue weighted by Crippen LogP contribution is 2.31. The van der Waals surface area contributed by atoms with Crippen molar-refractivity contribution in [3.63, 3.8) is 0 Å². The van der Waals surface area contributed by atoms with Crippen LogP contribution in [0.1, 0.15) is 40.5 Å². The van der Waals surface area contributed by atoms with E-state index in [2.05, 4.69) is 15.0 Å². The van der Waals surface area contributed by atoms with Crippen molar-refractivity contribution in [2.45, 2.75) is 25.2 Å². The zero-order valence-electron chi connectivity index (χ0n) is 17.5. The van der Waals surface area contributed by atoms with Crippen molar-refractivity contribution in [2.24, 2.45) is 0 Å². The van der Waals surface area contributed by atoms with Crippen LogP contribution in [0.5, 0.6) is 0 Å². The second-order valence-electron chi connectivity index (χ2n) is 8.37. The molecule has 0 bridgehead atoms. The molecule has 0 radical (unpaired) electrons. The Morgan fingerprint density at radius 2 is 1.91 bits per heavy atom. The molecule has 6 rings (SSSR count). The van der Waals surface area contributed by atoms with Crippen molar-refractivity contribution in [3.8, 4) is 0 Å². The molecule has 3 aromatic heterocycles. The molecule has 33 heavy (non-hydrogen) atoms. The van der Waals surface area contributed by atoms with Gasteiger partial charge in [-0.1, -0.05) is 0 Å². The molecule has 0 saturated carbocycles. The van der Waals surface area contributed by atoms with E-state index >= 15 is 4.39 Å². The van der Waals surface area contributed by atoms with E-state index in [4.69, 9.17) is 4.74 Å². The lowest BCUT2D eigenvalue weighted by molar-refractivity contribution is 0.0835. The van der Waals surface area contributed by atoms with Gasteiger partial charge < -0.3 is 9.72 Å². The summed E-state index contributed by atoms with van der Waals surface area (Å²) in [6, 6.07) is 3.94. The molecule has 0 spiro atoms. The normalized spacial score (nSPS) is 16.6. The van der Waals surface area contributed by atoms with Gasteiger partial charge in [0.15, 0.2) is 0 Å². The minimum absolute atomic E-state index is 0.0863. The average Bonchev–Trinajstić information content (AvgIpc) is 3.44. The molecule has 1 saturated heterocycles. The van der Waals surface area contributed by atoms with Crippen LogP contribution >= 0.6 is 0 Å². The molecule has 1 N–H and O–H groups in total. The first kappa shape index (κ1) is 20.0. The van der Waals surface area contributed by atoms with Crippen molar-refractivity contribution >= 4 is 28.3 Å². The van der Waals surface area contributed by atoms with Gasteiger partial charge in [-0.15, -0.1) is 0 Å². The molecule has 1 amide bonds. The quantitative estimate of drug-likeness (QED) is 0.506. The number of hydrogen-bond acceptors (Lipinski definition) is 5. The summed E-state index contributed by atoms with van der Waals surface area (Å²) in [5.74, 6) is -0.708. The smallest absolute Gasteiger partial charge is 0.274 e. The fourth-order valence-corrected chi connectivity index (χ4v) is 4.80. The maximum absolute atomic E-state index is 15.3. The van der Waals surface area contributed by atoms with Gasteiger partial charge in [-0.25, -0.2) is 18.7 Å². The summed E-state index contributed by atoms with van der Waals surface area (Å²) in [6.45, 7) is 1.47. The summed E-state index contributed by atoms with van der Waals surface area (Å²) in [5, 5.41) is 0. The Bertz CT molecular complexity index is 1490. The number of H-pyrrole nitrogens is 1. The molecular weight excluding hydrogens is 432 g/mol. The predicted octanol–water partition coefficient (Wildman–Crippen LogP) is 2.95. The number of rotatable bonds is 2. The van der Waals surface area contributed by atoms with Gasteiger partial charge in [0, 0.05) is 31.7 Å². The Morgan fingerprint density at radius 1 is 1.09 bits per heavy atom. The van der Waals surface area contributed by atoms with Crippen molar-refractivity contribution in [3.05, 3.63) is 69.5 Å². The summed E-state index contributed by atoms with van der Waals surface area (Å²) in [4.78, 5) is 38.5. The van der Waals surface area contributed by atoms with E-state index in [0.717, 1.165) is 19.0 Å². The molecule has 1 fully saturated rings. The van der Waals surface area contributed by atoms with Crippen molar-refractivity contribution in [1.29, 1.82) is 0 Å². The fraction of sp³-hybridized carbons (Fsp3) is 0.304. The number of nitrogens with one attached hydrogen (secondary N) is 1. The number of halogens is 2. The molecule has 10 heteroatoms. The molecule has 2 aliphatic heterocycles. The molecule has 2 aliphatic rings. The first-order valence-corrected chi connectivity index (χ1v) is 10.8. The van der Waals surface area contributed by atoms with Gasteiger partial charge in [0.1, 0.15) is 28.8 Å². The van der Waals surface area contributed by atoms with Gasteiger partial charge in [-0.05, 0) is 37.0 Å². The Kier molecular flexibility index (Phi) is 4.51. The highest BCUT2D eigenvalue weighted by atomic mass is 19.1. The van der Waals surface area contributed by atoms with Crippen LogP contribution in [0.2, 0.25) is 0 Å². The van der Waals surface area contributed by atoms with Crippen LogP contribution in [0.3, 0.4) is 0 Å². The maximum Gasteiger partial charge on any atom is 0.274 e. The van der Waals surface area contributed by atoms with E-state index in [-0.39, 0.29) is 23.6 Å². The van der Waals surface area contributed by atoms with Gasteiger partial charge in [0.2, 0.25) is 0 Å². The van der Waals surface area contributed by atoms with Gasteiger partial charge in [-0.3, -0.25) is 18.9 Å². The SMILES string of the molecule is O=C(c1cc2[nH]c(=O)c3cnc(C4CCOCC4)n3c2cc1F)N1CCc2cc(F)cnc21. The number of anilines is 1. The van der Waals surface area contributed by atoms with E-state index in [1.54, 1.807) is 4.40 Å². The first-order valence-electron chi connectivity index (χ1n) is 10.8. The second kappa shape index (κ2) is 7.45. The number of hydrogen-bond donors (Lipinski definition) is 1. The lowest BCUT2D eigenvalue weighted by Crippen LogP contribution is -2.30. The Morgan fingerprint density at radius 3 is 2.73 bits per heavy atom. The zero-order valence-corrected chi connectivity index (χ0v) is 17.5. The van der Waals surface area contributed by atoms with E-state index in [1.165, 1.54) is 29.3 Å². The highest BCUT2D eigenvalue weighted by Gasteiger charge is 2.30. The summed E-state index contributed by atoms with van der Waals surface area (Å²) >= 11 is 0. The number of pyridine rings is 1. The van der Waals surface area contributed by atoms with Crippen LogP contribution < -0.4 is 10.5 Å². The minimum atomic E-state index is -0.719. The van der Waals surface area contributed by atoms with Crippen LogP contribution in [0.15, 0.2) is 35.4 Å². The Balaban J connectivity index is 1.48. The molecular formula is C23H19F2N5O3. The molecule has 1 aromatic carbocycles. The maximum atomic E-state index is 15.3. The molecule has 8 nitrogen and oxygen atoms in total. The highest BCUT2D eigenvalue weighted by molar-refractivity contribution is 6.08. The lowest BCUT2D eigenvalue weighted by atomic mass is 9.99. The van der Waals surface area contributed by atoms with E-state index in [9.17, 15) is 14.0 Å². The van der Waals surface area contributed by atoms with Gasteiger partial charge in [0.05, 0.1) is 29.0 Å². The Hall–Kier alpha value is -3.66. The number of nitrogens with zero attached hydrogens (tertiary/aromatic N) is 4. The molecule has 0 atom stereocenters. The van der Waals surface area contributed by atoms with Crippen LogP contribution in [0.25, 0.3) is 16.6 Å². The molecule has 5 heterocycles. The number of imidazole rings is 1. The van der Waals surface area contributed by atoms with Crippen molar-refractivity contribution < 1.29 is 18.3 Å². The zero-order chi connectivity index (χ0) is 22.7. The van der Waals surface area contributed by atoms with E-state index in [0.29, 0.717) is 53.4 Å². The first-order chi connectivity index (χ1) is 16.0. The van der Waals surface area contributed by atoms with Crippen molar-refractivity contribution in [1.82, 2.24) is 19.4 Å². The lowest BCUT2D eigenvalue weighted by Gasteiger charge is -2.21. The van der Waals surface area contributed by atoms with Gasteiger partial charge in [-0.2, -0.15) is 0 Å². The largest absolute Gasteiger partial charge is 0.381 e. The third-order valence-corrected chi connectivity index (χ3v) is 6.43. The molecule has 0 unspecified atom stereocenters. The fourth-order valence-electron chi connectivity index (χ4n) is 4.80. The minimum Gasteiger partial charge on any atom is -0.381 e. The number of carbonyl (C=O) groups excluding carboxylic acids is 1. The molecule has 4 aromatic rings. The number of fused-ring (bicyclic) bond motifs is 4. The molecule has 0 aliphatic carbocycles. The number of carbonyl (C=O) groups is 1. The second-order valence-corrected chi connectivity index (χ2v) is 8.37. The van der Waals surface area contributed by atoms with Gasteiger partial charge in [0.25, 0.3) is 11.5 Å². The predicted molar refractivity (Wildman–Crippen MR) is 116 cm³/mol. The number of aromatic nitrogens is 4. The van der Waals surface area contributed by atoms with E-state index in [1.807, 2.05) is 0 Å². The number of benzene rings is 1. The van der Waals surface area contributed by atoms with Crippen molar-refractivity contribution in [2.75, 3.05) is 24.7 Å². The van der Waals surface area contributed by atoms with E-state index < -0.39 is 17.5 Å². The van der Waals surface area contributed by atoms with Crippen LogP contribution in [0.4, 0.5) is 14.6 Å². The van der Waals surface area contributed by atoms with Gasteiger partial charge >= 0.3 is 0 Å². The van der Waals surface area contributed by atoms with Crippen LogP contribution in [0, 0.1) is 11.6 Å². The summed E-state index contributed by atoms with van der Waals surface area (Å²) in [6.07, 6.45) is 4.48. The summed E-state index contributed by atoms with van der Waals surface area (Å²) in [5.41, 5.74) is 1.11. The number of aromatic amines is 1. The summed E-state index contributed by atoms with van der Waals surface area (Å²) in [7, 11) is 0. The topological polar surface area (TPSA) is 92.6 Å². The number of amides is 1. The van der Waals surface area contributed by atoms with Crippen LogP contribution in [-0.4, -0.2) is 45.0 Å². The molecule has 168 valence electrons. The third-order valence-electron chi connectivity index (χ3n) is 6.43. The monoisotopic (exact) mass is 451 g/mol. The Labute approximate surface area is 185 Å². The standard InChI is InChI=1S/C23H19F2N5O3/c24-14-7-13-1-4-29(20(13)26-10-14)23(32)15-8-17-18(9-16(15)25)30-19(22(31)28-17)11-27-21(30)12-2-5-33-6-3-12/h7-12H,1-6H2,(H,28,31). The average molecular weight is 451 g/mol. The number of ether oxygens (including phenoxy) is 1. The summed E-state index contributed by atoms with van der Waals surface area (Å²) < 4.78 is 35.9. The third kappa shape index (κ3) is 3.12. The van der Waals surface area contributed by atoms with Crippen LogP contribution in [-0.2, 0) is 11.2 Å².